The van der Waals surface area contributed by atoms with E-state index in [4.69, 9.17) is 4.42 Å². The normalized spacial score (nSPS) is 11.8. The molecule has 47 heavy (non-hydrogen) atoms. The fourth-order valence-electron chi connectivity index (χ4n) is 7.58. The molecule has 0 saturated heterocycles. The van der Waals surface area contributed by atoms with E-state index in [0.717, 1.165) is 77.3 Å². The number of aromatic nitrogens is 2. The second-order valence-electron chi connectivity index (χ2n) is 12.0. The summed E-state index contributed by atoms with van der Waals surface area (Å²) in [6.07, 6.45) is 0. The Morgan fingerprint density at radius 1 is 0.468 bits per heavy atom. The van der Waals surface area contributed by atoms with Crippen molar-refractivity contribution in [3.63, 3.8) is 0 Å². The van der Waals surface area contributed by atoms with Crippen molar-refractivity contribution in [3.8, 4) is 28.6 Å². The molecule has 3 aromatic heterocycles. The van der Waals surface area contributed by atoms with Gasteiger partial charge in [-0.1, -0.05) is 97.1 Å². The van der Waals surface area contributed by atoms with Crippen LogP contribution in [0.25, 0.3) is 88.1 Å². The zero-order valence-electron chi connectivity index (χ0n) is 25.2. The molecule has 0 aliphatic carbocycles. The van der Waals surface area contributed by atoms with Gasteiger partial charge in [0.05, 0.1) is 44.8 Å². The fraction of sp³-hybridized carbons (Fsp3) is 0. The Labute approximate surface area is 269 Å². The number of rotatable bonds is 3. The molecule has 218 valence electrons. The second kappa shape index (κ2) is 9.71. The van der Waals surface area contributed by atoms with Crippen LogP contribution in [0.5, 0.6) is 0 Å². The lowest BCUT2D eigenvalue weighted by molar-refractivity contribution is 0.673. The number of hydrogen-bond acceptors (Lipinski definition) is 2. The van der Waals surface area contributed by atoms with Gasteiger partial charge in [-0.3, -0.25) is 0 Å². The standard InChI is InChI=1S/C43H25N3O/c44-26-27-11-1-2-12-29(27)32-22-21-28(25-40(32)46-36-17-7-3-13-30(36)31-14-4-8-18-37(31)46)45-38-19-9-5-16-35(38)42-39(45)24-23-34-33-15-6-10-20-41(33)47-43(34)42/h1-25H. The molecule has 0 bridgehead atoms. The molecule has 10 aromatic rings. The number of para-hydroxylation sites is 4. The number of fused-ring (bicyclic) bond motifs is 10. The lowest BCUT2D eigenvalue weighted by Gasteiger charge is -2.18. The van der Waals surface area contributed by atoms with Crippen molar-refractivity contribution < 1.29 is 4.42 Å². The van der Waals surface area contributed by atoms with Gasteiger partial charge >= 0.3 is 0 Å². The first-order chi connectivity index (χ1) is 23.3. The van der Waals surface area contributed by atoms with Gasteiger partial charge in [0.2, 0.25) is 0 Å². The van der Waals surface area contributed by atoms with Crippen LogP contribution < -0.4 is 0 Å². The minimum atomic E-state index is 0.645. The van der Waals surface area contributed by atoms with E-state index in [-0.39, 0.29) is 0 Å². The van der Waals surface area contributed by atoms with Crippen molar-refractivity contribution in [3.05, 3.63) is 157 Å². The lowest BCUT2D eigenvalue weighted by Crippen LogP contribution is -2.02. The van der Waals surface area contributed by atoms with Crippen LogP contribution in [0.1, 0.15) is 5.56 Å². The summed E-state index contributed by atoms with van der Waals surface area (Å²) < 4.78 is 11.2. The van der Waals surface area contributed by atoms with Crippen LogP contribution in [0.2, 0.25) is 0 Å². The van der Waals surface area contributed by atoms with E-state index in [2.05, 4.69) is 130 Å². The molecule has 7 aromatic carbocycles. The Kier molecular flexibility index (Phi) is 5.32. The molecule has 0 aliphatic rings. The van der Waals surface area contributed by atoms with Gasteiger partial charge in [-0.15, -0.1) is 0 Å². The van der Waals surface area contributed by atoms with Crippen molar-refractivity contribution in [2.45, 2.75) is 0 Å². The summed E-state index contributed by atoms with van der Waals surface area (Å²) >= 11 is 0. The number of nitriles is 1. The Bertz CT molecular complexity index is 2880. The summed E-state index contributed by atoms with van der Waals surface area (Å²) in [5.41, 5.74) is 10.8. The van der Waals surface area contributed by atoms with E-state index >= 15 is 0 Å². The van der Waals surface area contributed by atoms with E-state index in [1.165, 1.54) is 10.8 Å². The SMILES string of the molecule is N#Cc1ccccc1-c1ccc(-n2c3ccccc3c3c4oc5ccccc5c4ccc32)cc1-n1c2ccccc2c2ccccc21. The molecule has 0 amide bonds. The molecule has 4 nitrogen and oxygen atoms in total. The predicted octanol–water partition coefficient (Wildman–Crippen LogP) is 11.3. The fourth-order valence-corrected chi connectivity index (χ4v) is 7.58. The first kappa shape index (κ1) is 25.7. The van der Waals surface area contributed by atoms with Crippen LogP contribution in [0.3, 0.4) is 0 Å². The maximum absolute atomic E-state index is 10.2. The third-order valence-corrected chi connectivity index (χ3v) is 9.58. The molecule has 0 aliphatic heterocycles. The van der Waals surface area contributed by atoms with Gasteiger partial charge in [-0.05, 0) is 54.6 Å². The maximum Gasteiger partial charge on any atom is 0.145 e. The average molecular weight is 600 g/mol. The van der Waals surface area contributed by atoms with Crippen molar-refractivity contribution >= 4 is 65.6 Å². The van der Waals surface area contributed by atoms with E-state index in [9.17, 15) is 5.26 Å². The highest BCUT2D eigenvalue weighted by Gasteiger charge is 2.21. The predicted molar refractivity (Wildman–Crippen MR) is 193 cm³/mol. The summed E-state index contributed by atoms with van der Waals surface area (Å²) in [5.74, 6) is 0. The largest absolute Gasteiger partial charge is 0.455 e. The summed E-state index contributed by atoms with van der Waals surface area (Å²) in [7, 11) is 0. The minimum Gasteiger partial charge on any atom is -0.455 e. The van der Waals surface area contributed by atoms with E-state index < -0.39 is 0 Å². The second-order valence-corrected chi connectivity index (χ2v) is 12.0. The van der Waals surface area contributed by atoms with Crippen LogP contribution >= 0.6 is 0 Å². The zero-order chi connectivity index (χ0) is 31.1. The first-order valence-corrected chi connectivity index (χ1v) is 15.8. The van der Waals surface area contributed by atoms with Gasteiger partial charge < -0.3 is 13.6 Å². The quantitative estimate of drug-likeness (QED) is 0.203. The van der Waals surface area contributed by atoms with Crippen LogP contribution in [0.4, 0.5) is 0 Å². The lowest BCUT2D eigenvalue weighted by atomic mass is 9.98. The minimum absolute atomic E-state index is 0.645. The number of furan rings is 1. The highest BCUT2D eigenvalue weighted by molar-refractivity contribution is 6.24. The molecule has 0 N–H and O–H groups in total. The van der Waals surface area contributed by atoms with E-state index in [1.54, 1.807) is 0 Å². The van der Waals surface area contributed by atoms with Crippen molar-refractivity contribution in [1.82, 2.24) is 9.13 Å². The Hall–Kier alpha value is -6.57. The summed E-state index contributed by atoms with van der Waals surface area (Å²) in [6, 6.07) is 55.3. The van der Waals surface area contributed by atoms with Gasteiger partial charge in [0.15, 0.2) is 0 Å². The monoisotopic (exact) mass is 599 g/mol. The van der Waals surface area contributed by atoms with Crippen molar-refractivity contribution in [1.29, 1.82) is 5.26 Å². The molecule has 10 rings (SSSR count). The molecule has 0 spiro atoms. The molecule has 3 heterocycles. The van der Waals surface area contributed by atoms with Crippen molar-refractivity contribution in [2.75, 3.05) is 0 Å². The molecule has 0 saturated carbocycles. The zero-order valence-corrected chi connectivity index (χ0v) is 25.2. The third-order valence-electron chi connectivity index (χ3n) is 9.58. The molecule has 0 unspecified atom stereocenters. The Balaban J connectivity index is 1.34. The van der Waals surface area contributed by atoms with Gasteiger partial charge in [0.25, 0.3) is 0 Å². The third kappa shape index (κ3) is 3.57. The van der Waals surface area contributed by atoms with Crippen molar-refractivity contribution in [2.24, 2.45) is 0 Å². The average Bonchev–Trinajstić information content (AvgIpc) is 3.79. The van der Waals surface area contributed by atoms with Gasteiger partial charge in [-0.25, -0.2) is 0 Å². The van der Waals surface area contributed by atoms with Gasteiger partial charge in [-0.2, -0.15) is 5.26 Å². The van der Waals surface area contributed by atoms with Gasteiger partial charge in [0, 0.05) is 43.7 Å². The summed E-state index contributed by atoms with van der Waals surface area (Å²) in [6.45, 7) is 0. The molecular formula is C43H25N3O. The van der Waals surface area contributed by atoms with E-state index in [1.807, 2.05) is 36.4 Å². The first-order valence-electron chi connectivity index (χ1n) is 15.8. The molecule has 0 fully saturated rings. The number of nitrogens with zero attached hydrogens (tertiary/aromatic N) is 3. The topological polar surface area (TPSA) is 46.8 Å². The Morgan fingerprint density at radius 2 is 1.09 bits per heavy atom. The van der Waals surface area contributed by atoms with Crippen LogP contribution in [-0.2, 0) is 0 Å². The highest BCUT2D eigenvalue weighted by Crippen LogP contribution is 2.42. The molecular weight excluding hydrogens is 574 g/mol. The van der Waals surface area contributed by atoms with Crippen LogP contribution in [-0.4, -0.2) is 9.13 Å². The number of hydrogen-bond donors (Lipinski definition) is 0. The van der Waals surface area contributed by atoms with E-state index in [0.29, 0.717) is 5.56 Å². The molecule has 0 radical (unpaired) electrons. The van der Waals surface area contributed by atoms with Gasteiger partial charge in [0.1, 0.15) is 11.2 Å². The Morgan fingerprint density at radius 3 is 1.83 bits per heavy atom. The summed E-state index contributed by atoms with van der Waals surface area (Å²) in [4.78, 5) is 0. The highest BCUT2D eigenvalue weighted by atomic mass is 16.3. The smallest absolute Gasteiger partial charge is 0.145 e. The molecule has 4 heteroatoms. The maximum atomic E-state index is 10.2. The van der Waals surface area contributed by atoms with Crippen LogP contribution in [0, 0.1) is 11.3 Å². The molecule has 0 atom stereocenters. The number of benzene rings is 7. The van der Waals surface area contributed by atoms with Crippen LogP contribution in [0.15, 0.2) is 156 Å². The summed E-state index contributed by atoms with van der Waals surface area (Å²) in [5, 5.41) is 17.0.